The van der Waals surface area contributed by atoms with Crippen LogP contribution >= 0.6 is 0 Å². The fourth-order valence-corrected chi connectivity index (χ4v) is 2.30. The first-order valence-electron chi connectivity index (χ1n) is 6.47. The molecule has 0 bridgehead atoms. The molecule has 1 saturated carbocycles. The minimum atomic E-state index is -5.08. The molecule has 0 amide bonds. The molecule has 2 rings (SSSR count). The molecule has 0 unspecified atom stereocenters. The van der Waals surface area contributed by atoms with Crippen molar-refractivity contribution in [1.82, 2.24) is 0 Å². The van der Waals surface area contributed by atoms with E-state index in [1.165, 1.54) is 37.7 Å². The number of rotatable bonds is 1. The van der Waals surface area contributed by atoms with Gasteiger partial charge >= 0.3 is 12.1 Å². The number of alkyl halides is 3. The summed E-state index contributed by atoms with van der Waals surface area (Å²) in [6.45, 7) is 0. The van der Waals surface area contributed by atoms with Crippen LogP contribution in [-0.4, -0.2) is 17.3 Å². The molecule has 1 aliphatic carbocycles. The number of aliphatic carboxylic acids is 1. The Hall–Kier alpha value is -1.72. The zero-order valence-corrected chi connectivity index (χ0v) is 11.0. The molecular formula is C14H18F3NO2. The molecule has 0 heterocycles. The van der Waals surface area contributed by atoms with E-state index in [1.54, 1.807) is 0 Å². The van der Waals surface area contributed by atoms with E-state index < -0.39 is 12.1 Å². The van der Waals surface area contributed by atoms with Crippen molar-refractivity contribution in [2.45, 2.75) is 44.2 Å². The lowest BCUT2D eigenvalue weighted by Crippen LogP contribution is -2.21. The molecule has 0 radical (unpaired) electrons. The number of hydrogen-bond donors (Lipinski definition) is 2. The Morgan fingerprint density at radius 2 is 1.65 bits per heavy atom. The van der Waals surface area contributed by atoms with E-state index in [1.807, 2.05) is 12.1 Å². The van der Waals surface area contributed by atoms with Gasteiger partial charge in [0.25, 0.3) is 0 Å². The van der Waals surface area contributed by atoms with Crippen molar-refractivity contribution in [3.05, 3.63) is 29.8 Å². The van der Waals surface area contributed by atoms with E-state index in [2.05, 4.69) is 12.1 Å². The van der Waals surface area contributed by atoms with E-state index in [-0.39, 0.29) is 0 Å². The summed E-state index contributed by atoms with van der Waals surface area (Å²) in [5.74, 6) is -2.03. The average Bonchev–Trinajstić information content (AvgIpc) is 2.40. The van der Waals surface area contributed by atoms with Gasteiger partial charge in [-0.1, -0.05) is 37.5 Å². The summed E-state index contributed by atoms with van der Waals surface area (Å²) in [5.41, 5.74) is 8.31. The number of carboxylic acids is 1. The minimum Gasteiger partial charge on any atom is -0.475 e. The van der Waals surface area contributed by atoms with Gasteiger partial charge in [-0.05, 0) is 30.4 Å². The van der Waals surface area contributed by atoms with E-state index >= 15 is 0 Å². The van der Waals surface area contributed by atoms with Crippen LogP contribution in [0.1, 0.15) is 43.6 Å². The van der Waals surface area contributed by atoms with Gasteiger partial charge in [0.1, 0.15) is 0 Å². The third kappa shape index (κ3) is 5.11. The van der Waals surface area contributed by atoms with Crippen LogP contribution in [0.3, 0.4) is 0 Å². The molecule has 1 aromatic rings. The maximum Gasteiger partial charge on any atom is 0.490 e. The molecular weight excluding hydrogens is 271 g/mol. The van der Waals surface area contributed by atoms with Crippen LogP contribution in [0.25, 0.3) is 0 Å². The van der Waals surface area contributed by atoms with Crippen LogP contribution in [0.15, 0.2) is 24.3 Å². The van der Waals surface area contributed by atoms with Gasteiger partial charge in [0.2, 0.25) is 0 Å². The lowest BCUT2D eigenvalue weighted by atomic mass is 9.83. The Morgan fingerprint density at radius 1 is 1.15 bits per heavy atom. The fraction of sp³-hybridized carbons (Fsp3) is 0.500. The highest BCUT2D eigenvalue weighted by Gasteiger charge is 2.38. The van der Waals surface area contributed by atoms with E-state index in [4.69, 9.17) is 15.6 Å². The highest BCUT2D eigenvalue weighted by atomic mass is 19.4. The van der Waals surface area contributed by atoms with Gasteiger partial charge in [-0.25, -0.2) is 4.79 Å². The standard InChI is InChI=1S/C12H17N.C2HF3O2/c13-12-9-5-4-8-11(12)10-6-2-1-3-7-10;3-2(4,5)1(6)7/h4-5,8-10H,1-3,6-7,13H2;(H,6,7). The number of hydrogen-bond acceptors (Lipinski definition) is 2. The Morgan fingerprint density at radius 3 is 2.10 bits per heavy atom. The second-order valence-electron chi connectivity index (χ2n) is 4.77. The SMILES string of the molecule is Nc1ccccc1C1CCCCC1.O=C(O)C(F)(F)F. The lowest BCUT2D eigenvalue weighted by molar-refractivity contribution is -0.192. The fourth-order valence-electron chi connectivity index (χ4n) is 2.30. The first-order chi connectivity index (χ1) is 9.32. The van der Waals surface area contributed by atoms with Gasteiger partial charge < -0.3 is 10.8 Å². The molecule has 1 aromatic carbocycles. The molecule has 0 aromatic heterocycles. The molecule has 1 aliphatic rings. The predicted octanol–water partition coefficient (Wildman–Crippen LogP) is 3.95. The smallest absolute Gasteiger partial charge is 0.475 e. The van der Waals surface area contributed by atoms with Crippen LogP contribution in [0, 0.1) is 0 Å². The Labute approximate surface area is 115 Å². The average molecular weight is 289 g/mol. The number of nitrogen functional groups attached to an aromatic ring is 1. The van der Waals surface area contributed by atoms with Gasteiger partial charge in [0.15, 0.2) is 0 Å². The van der Waals surface area contributed by atoms with Gasteiger partial charge in [-0.15, -0.1) is 0 Å². The Bertz CT molecular complexity index is 440. The normalized spacial score (nSPS) is 16.1. The number of para-hydroxylation sites is 1. The second-order valence-corrected chi connectivity index (χ2v) is 4.77. The topological polar surface area (TPSA) is 63.3 Å². The maximum atomic E-state index is 10.6. The molecule has 3 N–H and O–H groups in total. The summed E-state index contributed by atoms with van der Waals surface area (Å²) in [7, 11) is 0. The van der Waals surface area contributed by atoms with Crippen molar-refractivity contribution in [3.63, 3.8) is 0 Å². The molecule has 6 heteroatoms. The second kappa shape index (κ2) is 7.17. The van der Waals surface area contributed by atoms with Crippen LogP contribution in [-0.2, 0) is 4.79 Å². The summed E-state index contributed by atoms with van der Waals surface area (Å²) in [5, 5.41) is 7.12. The summed E-state index contributed by atoms with van der Waals surface area (Å²) in [6, 6.07) is 8.32. The first-order valence-corrected chi connectivity index (χ1v) is 6.47. The zero-order chi connectivity index (χ0) is 15.2. The quantitative estimate of drug-likeness (QED) is 0.769. The van der Waals surface area contributed by atoms with Crippen LogP contribution < -0.4 is 5.73 Å². The van der Waals surface area contributed by atoms with Crippen molar-refractivity contribution in [3.8, 4) is 0 Å². The molecule has 1 fully saturated rings. The molecule has 0 spiro atoms. The molecule has 3 nitrogen and oxygen atoms in total. The summed E-state index contributed by atoms with van der Waals surface area (Å²) in [4.78, 5) is 8.90. The number of nitrogens with two attached hydrogens (primary N) is 1. The molecule has 0 aliphatic heterocycles. The summed E-state index contributed by atoms with van der Waals surface area (Å²) >= 11 is 0. The number of carbonyl (C=O) groups is 1. The number of anilines is 1. The lowest BCUT2D eigenvalue weighted by Gasteiger charge is -2.23. The van der Waals surface area contributed by atoms with Crippen LogP contribution in [0.5, 0.6) is 0 Å². The van der Waals surface area contributed by atoms with Gasteiger partial charge in [0, 0.05) is 5.69 Å². The van der Waals surface area contributed by atoms with Crippen molar-refractivity contribution in [2.75, 3.05) is 5.73 Å². The van der Waals surface area contributed by atoms with Crippen LogP contribution in [0.4, 0.5) is 18.9 Å². The Balaban J connectivity index is 0.000000246. The Kier molecular flexibility index (Phi) is 5.85. The zero-order valence-electron chi connectivity index (χ0n) is 11.0. The van der Waals surface area contributed by atoms with Crippen molar-refractivity contribution < 1.29 is 23.1 Å². The minimum absolute atomic E-state index is 0.731. The van der Waals surface area contributed by atoms with Gasteiger partial charge in [0.05, 0.1) is 0 Å². The third-order valence-electron chi connectivity index (χ3n) is 3.28. The molecule has 20 heavy (non-hydrogen) atoms. The van der Waals surface area contributed by atoms with Crippen molar-refractivity contribution in [1.29, 1.82) is 0 Å². The van der Waals surface area contributed by atoms with Gasteiger partial charge in [-0.2, -0.15) is 13.2 Å². The maximum absolute atomic E-state index is 10.6. The van der Waals surface area contributed by atoms with Crippen molar-refractivity contribution in [2.24, 2.45) is 0 Å². The van der Waals surface area contributed by atoms with Crippen LogP contribution in [0.2, 0.25) is 0 Å². The summed E-state index contributed by atoms with van der Waals surface area (Å²) < 4.78 is 31.7. The highest BCUT2D eigenvalue weighted by molar-refractivity contribution is 5.73. The summed E-state index contributed by atoms with van der Waals surface area (Å²) in [6.07, 6.45) is 1.73. The van der Waals surface area contributed by atoms with E-state index in [0.29, 0.717) is 0 Å². The van der Waals surface area contributed by atoms with E-state index in [9.17, 15) is 13.2 Å². The molecule has 0 atom stereocenters. The molecule has 112 valence electrons. The number of carboxylic acid groups (broad SMARTS) is 1. The number of benzene rings is 1. The highest BCUT2D eigenvalue weighted by Crippen LogP contribution is 2.34. The number of halogens is 3. The third-order valence-corrected chi connectivity index (χ3v) is 3.28. The van der Waals surface area contributed by atoms with Gasteiger partial charge in [-0.3, -0.25) is 0 Å². The predicted molar refractivity (Wildman–Crippen MR) is 70.4 cm³/mol. The van der Waals surface area contributed by atoms with Crippen molar-refractivity contribution >= 4 is 11.7 Å². The van der Waals surface area contributed by atoms with E-state index in [0.717, 1.165) is 11.6 Å². The largest absolute Gasteiger partial charge is 0.490 e. The first kappa shape index (κ1) is 16.3. The molecule has 0 saturated heterocycles. The monoisotopic (exact) mass is 289 g/mol.